The highest BCUT2D eigenvalue weighted by Gasteiger charge is 2.27. The number of pyridine rings is 1. The van der Waals surface area contributed by atoms with E-state index >= 15 is 0 Å². The normalized spacial score (nSPS) is 11.4. The van der Waals surface area contributed by atoms with E-state index in [0.29, 0.717) is 0 Å². The molecule has 0 fully saturated rings. The summed E-state index contributed by atoms with van der Waals surface area (Å²) in [6, 6.07) is 7.74. The molecule has 8 nitrogen and oxygen atoms in total. The summed E-state index contributed by atoms with van der Waals surface area (Å²) < 4.78 is 32.2. The first-order valence-electron chi connectivity index (χ1n) is 10.4. The number of ether oxygens (including phenoxy) is 1. The number of hydrogen-bond donors (Lipinski definition) is 0. The molecule has 0 aliphatic carbocycles. The molecule has 1 amide bonds. The van der Waals surface area contributed by atoms with Crippen molar-refractivity contribution in [3.05, 3.63) is 58.9 Å². The van der Waals surface area contributed by atoms with Gasteiger partial charge in [0.1, 0.15) is 4.90 Å². The van der Waals surface area contributed by atoms with Gasteiger partial charge in [0.05, 0.1) is 18.1 Å². The van der Waals surface area contributed by atoms with E-state index < -0.39 is 21.9 Å². The van der Waals surface area contributed by atoms with Crippen molar-refractivity contribution in [2.45, 2.75) is 38.6 Å². The number of rotatable bonds is 11. The second-order valence-electron chi connectivity index (χ2n) is 6.88. The van der Waals surface area contributed by atoms with Crippen LogP contribution in [-0.2, 0) is 26.1 Å². The monoisotopic (exact) mass is 481 g/mol. The maximum Gasteiger partial charge on any atom is 0.307 e. The average molecular weight is 482 g/mol. The van der Waals surface area contributed by atoms with Crippen LogP contribution in [-0.4, -0.2) is 60.7 Å². The Kier molecular flexibility index (Phi) is 9.61. The summed E-state index contributed by atoms with van der Waals surface area (Å²) >= 11 is 6.19. The fourth-order valence-corrected chi connectivity index (χ4v) is 5.10. The van der Waals surface area contributed by atoms with Gasteiger partial charge in [-0.1, -0.05) is 31.5 Å². The summed E-state index contributed by atoms with van der Waals surface area (Å²) in [6.07, 6.45) is 3.26. The molecule has 2 rings (SSSR count). The van der Waals surface area contributed by atoms with Gasteiger partial charge in [-0.15, -0.1) is 0 Å². The van der Waals surface area contributed by atoms with Crippen molar-refractivity contribution in [2.75, 3.05) is 26.2 Å². The SMILES string of the molecule is CCOC(=O)CCN(Cc1cccnc1)C(=O)c1ccc(Cl)c(S(=O)(=O)N(CC)CC)c1. The summed E-state index contributed by atoms with van der Waals surface area (Å²) in [7, 11) is -3.86. The number of benzene rings is 1. The van der Waals surface area contributed by atoms with Crippen LogP contribution in [0.15, 0.2) is 47.6 Å². The van der Waals surface area contributed by atoms with Crippen LogP contribution in [0.5, 0.6) is 0 Å². The van der Waals surface area contributed by atoms with Gasteiger partial charge in [-0.3, -0.25) is 14.6 Å². The lowest BCUT2D eigenvalue weighted by molar-refractivity contribution is -0.143. The lowest BCUT2D eigenvalue weighted by Crippen LogP contribution is -2.34. The second-order valence-corrected chi connectivity index (χ2v) is 9.19. The number of aromatic nitrogens is 1. The van der Waals surface area contributed by atoms with Crippen LogP contribution in [0.4, 0.5) is 0 Å². The topological polar surface area (TPSA) is 96.9 Å². The molecular weight excluding hydrogens is 454 g/mol. The zero-order valence-electron chi connectivity index (χ0n) is 18.5. The molecule has 0 bridgehead atoms. The molecule has 1 aromatic carbocycles. The minimum atomic E-state index is -3.86. The van der Waals surface area contributed by atoms with Crippen LogP contribution in [0, 0.1) is 0 Å². The van der Waals surface area contributed by atoms with Gasteiger partial charge in [-0.05, 0) is 36.8 Å². The van der Waals surface area contributed by atoms with Crippen molar-refractivity contribution in [3.63, 3.8) is 0 Å². The van der Waals surface area contributed by atoms with Gasteiger partial charge in [0, 0.05) is 44.1 Å². The van der Waals surface area contributed by atoms with E-state index in [1.165, 1.54) is 27.4 Å². The maximum absolute atomic E-state index is 13.3. The van der Waals surface area contributed by atoms with Gasteiger partial charge in [0.2, 0.25) is 10.0 Å². The summed E-state index contributed by atoms with van der Waals surface area (Å²) in [4.78, 5) is 30.6. The minimum absolute atomic E-state index is 0.0119. The average Bonchev–Trinajstić information content (AvgIpc) is 2.78. The number of halogens is 1. The highest BCUT2D eigenvalue weighted by molar-refractivity contribution is 7.89. The first-order chi connectivity index (χ1) is 15.2. The van der Waals surface area contributed by atoms with E-state index in [0.717, 1.165) is 5.56 Å². The predicted molar refractivity (Wildman–Crippen MR) is 122 cm³/mol. The molecule has 32 heavy (non-hydrogen) atoms. The predicted octanol–water partition coefficient (Wildman–Crippen LogP) is 3.36. The molecule has 0 unspecified atom stereocenters. The summed E-state index contributed by atoms with van der Waals surface area (Å²) in [5.74, 6) is -0.844. The van der Waals surface area contributed by atoms with Gasteiger partial charge >= 0.3 is 5.97 Å². The Hall–Kier alpha value is -2.49. The molecule has 174 valence electrons. The van der Waals surface area contributed by atoms with Crippen molar-refractivity contribution >= 4 is 33.5 Å². The quantitative estimate of drug-likeness (QED) is 0.456. The van der Waals surface area contributed by atoms with Crippen LogP contribution in [0.3, 0.4) is 0 Å². The number of carbonyl (C=O) groups excluding carboxylic acids is 2. The molecule has 0 saturated carbocycles. The van der Waals surface area contributed by atoms with Gasteiger partial charge < -0.3 is 9.64 Å². The smallest absolute Gasteiger partial charge is 0.307 e. The molecule has 2 aromatic rings. The van der Waals surface area contributed by atoms with Crippen LogP contribution >= 0.6 is 11.6 Å². The lowest BCUT2D eigenvalue weighted by atomic mass is 10.1. The van der Waals surface area contributed by atoms with Crippen LogP contribution < -0.4 is 0 Å². The fourth-order valence-electron chi connectivity index (χ4n) is 3.14. The van der Waals surface area contributed by atoms with Crippen molar-refractivity contribution in [3.8, 4) is 0 Å². The number of esters is 1. The molecule has 1 aromatic heterocycles. The van der Waals surface area contributed by atoms with E-state index in [2.05, 4.69) is 4.98 Å². The maximum atomic E-state index is 13.3. The third-order valence-electron chi connectivity index (χ3n) is 4.78. The molecule has 0 aliphatic rings. The molecule has 0 aliphatic heterocycles. The Balaban J connectivity index is 2.38. The van der Waals surface area contributed by atoms with Crippen molar-refractivity contribution in [2.24, 2.45) is 0 Å². The van der Waals surface area contributed by atoms with Gasteiger partial charge in [0.15, 0.2) is 0 Å². The fraction of sp³-hybridized carbons (Fsp3) is 0.409. The van der Waals surface area contributed by atoms with Crippen molar-refractivity contribution in [1.29, 1.82) is 0 Å². The Morgan fingerprint density at radius 3 is 2.44 bits per heavy atom. The first-order valence-corrected chi connectivity index (χ1v) is 12.2. The van der Waals surface area contributed by atoms with E-state index in [9.17, 15) is 18.0 Å². The number of nitrogens with zero attached hydrogens (tertiary/aromatic N) is 3. The minimum Gasteiger partial charge on any atom is -0.466 e. The third kappa shape index (κ3) is 6.51. The Bertz CT molecular complexity index is 1030. The van der Waals surface area contributed by atoms with E-state index in [1.54, 1.807) is 39.2 Å². The number of amides is 1. The van der Waals surface area contributed by atoms with Crippen LogP contribution in [0.2, 0.25) is 5.02 Å². The molecule has 0 radical (unpaired) electrons. The van der Waals surface area contributed by atoms with Crippen molar-refractivity contribution < 1.29 is 22.7 Å². The third-order valence-corrected chi connectivity index (χ3v) is 7.31. The molecule has 0 N–H and O–H groups in total. The zero-order chi connectivity index (χ0) is 23.7. The van der Waals surface area contributed by atoms with Gasteiger partial charge in [-0.2, -0.15) is 4.31 Å². The lowest BCUT2D eigenvalue weighted by Gasteiger charge is -2.24. The van der Waals surface area contributed by atoms with Gasteiger partial charge in [-0.25, -0.2) is 8.42 Å². The Morgan fingerprint density at radius 1 is 1.12 bits per heavy atom. The second kappa shape index (κ2) is 11.9. The van der Waals surface area contributed by atoms with Crippen LogP contribution in [0.25, 0.3) is 0 Å². The highest BCUT2D eigenvalue weighted by Crippen LogP contribution is 2.26. The van der Waals surface area contributed by atoms with Crippen molar-refractivity contribution in [1.82, 2.24) is 14.2 Å². The van der Waals surface area contributed by atoms with E-state index in [1.807, 2.05) is 6.07 Å². The Morgan fingerprint density at radius 2 is 1.84 bits per heavy atom. The first kappa shape index (κ1) is 25.8. The zero-order valence-corrected chi connectivity index (χ0v) is 20.0. The number of carbonyl (C=O) groups is 2. The molecule has 1 heterocycles. The van der Waals surface area contributed by atoms with Gasteiger partial charge in [0.25, 0.3) is 5.91 Å². The Labute approximate surface area is 194 Å². The van der Waals surface area contributed by atoms with E-state index in [4.69, 9.17) is 16.3 Å². The molecule has 0 spiro atoms. The number of sulfonamides is 1. The molecular formula is C22H28ClN3O5S. The molecule has 0 atom stereocenters. The molecule has 10 heteroatoms. The standard InChI is InChI=1S/C22H28ClN3O5S/c1-4-26(5-2)32(29,30)20-14-18(9-10-19(20)23)22(28)25(13-11-21(27)31-6-3)16-17-8-7-12-24-15-17/h7-10,12,14-15H,4-6,11,13,16H2,1-3H3. The number of hydrogen-bond acceptors (Lipinski definition) is 6. The highest BCUT2D eigenvalue weighted by atomic mass is 35.5. The summed E-state index contributed by atoms with van der Waals surface area (Å²) in [5.41, 5.74) is 0.933. The molecule has 0 saturated heterocycles. The summed E-state index contributed by atoms with van der Waals surface area (Å²) in [6.45, 7) is 6.28. The largest absolute Gasteiger partial charge is 0.466 e. The van der Waals surface area contributed by atoms with E-state index in [-0.39, 0.29) is 54.7 Å². The summed E-state index contributed by atoms with van der Waals surface area (Å²) in [5, 5.41) is 0.0405. The van der Waals surface area contributed by atoms with Crippen LogP contribution in [0.1, 0.15) is 43.1 Å².